The monoisotopic (exact) mass is 941 g/mol. The van der Waals surface area contributed by atoms with Gasteiger partial charge in [0.15, 0.2) is 0 Å². The third kappa shape index (κ3) is 14.7. The molecular formula is C44H63N9O14. The van der Waals surface area contributed by atoms with Crippen LogP contribution in [0.4, 0.5) is 0 Å². The van der Waals surface area contributed by atoms with Gasteiger partial charge in [0, 0.05) is 30.2 Å². The Morgan fingerprint density at radius 2 is 1.12 bits per heavy atom. The molecule has 3 heterocycles. The first-order chi connectivity index (χ1) is 31.6. The second-order valence-electron chi connectivity index (χ2n) is 17.8. The zero-order valence-electron chi connectivity index (χ0n) is 38.0. The molecule has 4 rings (SSSR count). The summed E-state index contributed by atoms with van der Waals surface area (Å²) in [6.07, 6.45) is 1.08. The van der Waals surface area contributed by atoms with Gasteiger partial charge in [-0.3, -0.25) is 43.2 Å². The van der Waals surface area contributed by atoms with E-state index in [1.807, 2.05) is 24.3 Å². The fraction of sp³-hybridized carbons (Fsp3) is 0.591. The number of nitrogens with two attached hydrogens (primary N) is 1. The molecule has 2 saturated heterocycles. The summed E-state index contributed by atoms with van der Waals surface area (Å²) in [7, 11) is 0. The Kier molecular flexibility index (Phi) is 19.2. The minimum atomic E-state index is -1.78. The lowest BCUT2D eigenvalue weighted by molar-refractivity contribution is -0.145. The van der Waals surface area contributed by atoms with E-state index in [1.54, 1.807) is 33.9 Å². The molecule has 23 nitrogen and oxygen atoms in total. The van der Waals surface area contributed by atoms with E-state index in [4.69, 9.17) is 5.73 Å². The van der Waals surface area contributed by atoms with Crippen molar-refractivity contribution in [2.75, 3.05) is 19.7 Å². The van der Waals surface area contributed by atoms with Crippen LogP contribution < -0.4 is 32.3 Å². The van der Waals surface area contributed by atoms with Crippen molar-refractivity contribution in [3.05, 3.63) is 36.0 Å². The SMILES string of the molecule is CC(C)C[C@H](NC(=O)[C@H](CC(=O)O)NC(=O)[C@@H]1CCCN1C(=O)[C@H](CC(C)C)NC(=O)[C@H](CO)NC(=O)[C@H](CC(=O)O)NC(=O)[C@@H]1CCCN1C(=O)[C@@H](N)Cc1c[nH]c2ccccc12)C(=O)O. The summed E-state index contributed by atoms with van der Waals surface area (Å²) < 4.78 is 0. The summed E-state index contributed by atoms with van der Waals surface area (Å²) in [5, 5.41) is 51.6. The van der Waals surface area contributed by atoms with Crippen molar-refractivity contribution < 1.29 is 68.4 Å². The molecule has 67 heavy (non-hydrogen) atoms. The Balaban J connectivity index is 1.42. The molecule has 0 saturated carbocycles. The van der Waals surface area contributed by atoms with Crippen LogP contribution >= 0.6 is 0 Å². The number of fused-ring (bicyclic) bond motifs is 1. The van der Waals surface area contributed by atoms with E-state index in [9.17, 15) is 68.4 Å². The predicted molar refractivity (Wildman–Crippen MR) is 237 cm³/mol. The smallest absolute Gasteiger partial charge is 0.326 e. The van der Waals surface area contributed by atoms with Gasteiger partial charge in [-0.2, -0.15) is 0 Å². The third-order valence-corrected chi connectivity index (χ3v) is 11.6. The molecule has 1 aromatic carbocycles. The normalized spacial score (nSPS) is 18.6. The Morgan fingerprint density at radius 1 is 0.657 bits per heavy atom. The Morgan fingerprint density at radius 3 is 1.61 bits per heavy atom. The summed E-state index contributed by atoms with van der Waals surface area (Å²) in [5.74, 6) is -11.0. The number of aromatic nitrogens is 1. The Bertz CT molecular complexity index is 2160. The molecule has 2 fully saturated rings. The van der Waals surface area contributed by atoms with Crippen LogP contribution in [0.1, 0.15) is 84.6 Å². The lowest BCUT2D eigenvalue weighted by Gasteiger charge is -2.31. The zero-order chi connectivity index (χ0) is 49.7. The summed E-state index contributed by atoms with van der Waals surface area (Å²) in [4.78, 5) is 136. The number of rotatable bonds is 24. The largest absolute Gasteiger partial charge is 0.481 e. The van der Waals surface area contributed by atoms with Gasteiger partial charge in [-0.25, -0.2) is 4.79 Å². The van der Waals surface area contributed by atoms with Gasteiger partial charge < -0.3 is 67.5 Å². The number of nitrogens with zero attached hydrogens (tertiary/aromatic N) is 2. The molecule has 0 unspecified atom stereocenters. The number of carboxylic acids is 3. The number of hydrogen-bond acceptors (Lipinski definition) is 12. The number of aliphatic carboxylic acids is 3. The highest BCUT2D eigenvalue weighted by Gasteiger charge is 2.42. The summed E-state index contributed by atoms with van der Waals surface area (Å²) in [6, 6.07) is -3.87. The molecule has 0 spiro atoms. The van der Waals surface area contributed by atoms with Crippen LogP contribution in [-0.4, -0.2) is 162 Å². The van der Waals surface area contributed by atoms with Crippen LogP contribution in [-0.2, 0) is 54.4 Å². The van der Waals surface area contributed by atoms with Crippen molar-refractivity contribution in [1.82, 2.24) is 41.4 Å². The van der Waals surface area contributed by atoms with Gasteiger partial charge in [-0.1, -0.05) is 45.9 Å². The van der Waals surface area contributed by atoms with Crippen molar-refractivity contribution in [2.24, 2.45) is 17.6 Å². The number of aromatic amines is 1. The number of H-pyrrole nitrogens is 1. The minimum absolute atomic E-state index is 0.00226. The number of aliphatic hydroxyl groups excluding tert-OH is 1. The van der Waals surface area contributed by atoms with E-state index in [0.29, 0.717) is 12.8 Å². The van der Waals surface area contributed by atoms with Gasteiger partial charge in [0.25, 0.3) is 0 Å². The molecule has 8 atom stereocenters. The van der Waals surface area contributed by atoms with Crippen LogP contribution in [0.3, 0.4) is 0 Å². The highest BCUT2D eigenvalue weighted by molar-refractivity contribution is 5.99. The third-order valence-electron chi connectivity index (χ3n) is 11.6. The van der Waals surface area contributed by atoms with Crippen LogP contribution in [0.15, 0.2) is 30.5 Å². The van der Waals surface area contributed by atoms with Gasteiger partial charge in [-0.05, 0) is 68.4 Å². The first-order valence-electron chi connectivity index (χ1n) is 22.3. The van der Waals surface area contributed by atoms with E-state index < -0.39 is 127 Å². The number of carboxylic acid groups (broad SMARTS) is 3. The fourth-order valence-corrected chi connectivity index (χ4v) is 8.34. The predicted octanol–water partition coefficient (Wildman–Crippen LogP) is -1.44. The number of carbonyl (C=O) groups excluding carboxylic acids is 7. The molecule has 368 valence electrons. The Hall–Kier alpha value is -6.62. The first-order valence-corrected chi connectivity index (χ1v) is 22.3. The van der Waals surface area contributed by atoms with Crippen molar-refractivity contribution in [3.8, 4) is 0 Å². The van der Waals surface area contributed by atoms with Crippen molar-refractivity contribution >= 4 is 70.2 Å². The number of amides is 7. The molecule has 2 aliphatic rings. The molecule has 0 aliphatic carbocycles. The summed E-state index contributed by atoms with van der Waals surface area (Å²) >= 11 is 0. The lowest BCUT2D eigenvalue weighted by atomic mass is 10.0. The lowest BCUT2D eigenvalue weighted by Crippen LogP contribution is -2.61. The number of carbonyl (C=O) groups is 10. The van der Waals surface area contributed by atoms with Crippen LogP contribution in [0.5, 0.6) is 0 Å². The molecule has 2 aliphatic heterocycles. The highest BCUT2D eigenvalue weighted by atomic mass is 16.4. The second kappa shape index (κ2) is 24.2. The summed E-state index contributed by atoms with van der Waals surface area (Å²) in [6.45, 7) is 6.08. The topological polar surface area (TPSA) is 360 Å². The maximum atomic E-state index is 14.1. The molecule has 1 aromatic heterocycles. The van der Waals surface area contributed by atoms with E-state index >= 15 is 0 Å². The molecule has 0 radical (unpaired) electrons. The first kappa shape index (κ1) is 53.0. The van der Waals surface area contributed by atoms with E-state index in [1.165, 1.54) is 4.90 Å². The maximum Gasteiger partial charge on any atom is 0.326 e. The molecule has 7 amide bonds. The number of benzene rings is 1. The number of aliphatic hydroxyl groups is 1. The molecule has 23 heteroatoms. The molecule has 2 aromatic rings. The number of hydrogen-bond donors (Lipinski definition) is 11. The molecular weight excluding hydrogens is 879 g/mol. The van der Waals surface area contributed by atoms with Gasteiger partial charge >= 0.3 is 17.9 Å². The quantitative estimate of drug-likeness (QED) is 0.0574. The van der Waals surface area contributed by atoms with Crippen molar-refractivity contribution in [1.29, 1.82) is 0 Å². The Labute approximate surface area is 386 Å². The fourth-order valence-electron chi connectivity index (χ4n) is 8.34. The van der Waals surface area contributed by atoms with Crippen molar-refractivity contribution in [2.45, 2.75) is 134 Å². The standard InChI is InChI=1S/C44H63N9O14/c1-22(2)15-30(43(65)53-14-8-12-34(53)41(63)47-28(18-35(55)56)37(59)50-31(44(66)67)16-23(3)4)49-39(61)32(21-54)51-38(60)29(19-36(57)58)48-40(62)33-11-7-13-52(33)42(64)26(45)17-24-20-46-27-10-6-5-9-25(24)27/h5-6,9-10,20,22-23,26,28-34,46,54H,7-8,11-19,21,45H2,1-4H3,(H,47,63)(H,48,62)(H,49,61)(H,50,59)(H,51,60)(H,55,56)(H,57,58)(H,66,67)/t26-,28-,29-,30-,31-,32-,33-,34-/m0/s1. The zero-order valence-corrected chi connectivity index (χ0v) is 38.0. The van der Waals surface area contributed by atoms with Gasteiger partial charge in [0.2, 0.25) is 41.4 Å². The average Bonchev–Trinajstić information content (AvgIpc) is 4.04. The highest BCUT2D eigenvalue weighted by Crippen LogP contribution is 2.24. The van der Waals surface area contributed by atoms with Crippen LogP contribution in [0, 0.1) is 11.8 Å². The second-order valence-corrected chi connectivity index (χ2v) is 17.8. The van der Waals surface area contributed by atoms with Gasteiger partial charge in [0.05, 0.1) is 25.5 Å². The number of para-hydroxylation sites is 1. The van der Waals surface area contributed by atoms with Crippen molar-refractivity contribution in [3.63, 3.8) is 0 Å². The molecule has 12 N–H and O–H groups in total. The van der Waals surface area contributed by atoms with E-state index in [2.05, 4.69) is 31.6 Å². The molecule has 0 bridgehead atoms. The average molecular weight is 942 g/mol. The minimum Gasteiger partial charge on any atom is -0.481 e. The summed E-state index contributed by atoms with van der Waals surface area (Å²) in [5.41, 5.74) is 7.99. The van der Waals surface area contributed by atoms with Crippen LogP contribution in [0.25, 0.3) is 10.9 Å². The maximum absolute atomic E-state index is 14.1. The number of likely N-dealkylation sites (tertiary alicyclic amines) is 2. The van der Waals surface area contributed by atoms with Gasteiger partial charge in [0.1, 0.15) is 42.3 Å². The van der Waals surface area contributed by atoms with Crippen LogP contribution in [0.2, 0.25) is 0 Å². The van der Waals surface area contributed by atoms with Gasteiger partial charge in [-0.15, -0.1) is 0 Å². The number of nitrogens with one attached hydrogen (secondary N) is 6. The van der Waals surface area contributed by atoms with E-state index in [-0.39, 0.29) is 57.0 Å². The van der Waals surface area contributed by atoms with E-state index in [0.717, 1.165) is 21.4 Å².